The maximum Gasteiger partial charge on any atom is 0.261 e. The van der Waals surface area contributed by atoms with Gasteiger partial charge in [0.1, 0.15) is 5.56 Å². The fourth-order valence-corrected chi connectivity index (χ4v) is 7.06. The van der Waals surface area contributed by atoms with E-state index in [1.54, 1.807) is 6.20 Å². The number of hydrogen-bond donors (Lipinski definition) is 1. The van der Waals surface area contributed by atoms with E-state index in [9.17, 15) is 9.59 Å². The van der Waals surface area contributed by atoms with Crippen LogP contribution < -0.4 is 5.32 Å². The van der Waals surface area contributed by atoms with Crippen molar-refractivity contribution in [2.45, 2.75) is 46.1 Å². The summed E-state index contributed by atoms with van der Waals surface area (Å²) < 4.78 is 1.89. The molecule has 0 saturated carbocycles. The smallest absolute Gasteiger partial charge is 0.261 e. The third-order valence-electron chi connectivity index (χ3n) is 9.72. The van der Waals surface area contributed by atoms with Crippen LogP contribution in [0.1, 0.15) is 78.0 Å². The summed E-state index contributed by atoms with van der Waals surface area (Å²) in [5.74, 6) is -0.289. The minimum atomic E-state index is -0.362. The molecule has 0 saturated heterocycles. The third-order valence-corrected chi connectivity index (χ3v) is 9.72. The molecule has 0 unspecified atom stereocenters. The maximum absolute atomic E-state index is 14.2. The molecular formula is C44H40N4O2. The lowest BCUT2D eigenvalue weighted by molar-refractivity contribution is 0.0964. The summed E-state index contributed by atoms with van der Waals surface area (Å²) in [5.41, 5.74) is 9.99. The fraction of sp³-hybridized carbons (Fsp3) is 0.182. The molecular weight excluding hydrogens is 617 g/mol. The summed E-state index contributed by atoms with van der Waals surface area (Å²) in [4.78, 5) is 33.5. The lowest BCUT2D eigenvalue weighted by atomic mass is 9.71. The molecule has 6 heteroatoms. The molecule has 5 aromatic carbocycles. The number of aromatic nitrogens is 2. The van der Waals surface area contributed by atoms with E-state index >= 15 is 0 Å². The van der Waals surface area contributed by atoms with Crippen LogP contribution in [0.15, 0.2) is 139 Å². The largest absolute Gasteiger partial charge is 0.322 e. The minimum Gasteiger partial charge on any atom is -0.322 e. The molecule has 50 heavy (non-hydrogen) atoms. The Morgan fingerprint density at radius 1 is 0.740 bits per heavy atom. The second-order valence-corrected chi connectivity index (χ2v) is 13.4. The van der Waals surface area contributed by atoms with Crippen LogP contribution >= 0.6 is 0 Å². The van der Waals surface area contributed by atoms with Gasteiger partial charge in [-0.2, -0.15) is 5.10 Å². The van der Waals surface area contributed by atoms with Crippen molar-refractivity contribution >= 4 is 28.9 Å². The number of rotatable bonds is 9. The molecule has 0 fully saturated rings. The second kappa shape index (κ2) is 13.9. The summed E-state index contributed by atoms with van der Waals surface area (Å²) in [6.45, 7) is 8.11. The van der Waals surface area contributed by atoms with Crippen LogP contribution in [0.3, 0.4) is 0 Å². The Kier molecular flexibility index (Phi) is 9.09. The van der Waals surface area contributed by atoms with E-state index in [4.69, 9.17) is 10.1 Å². The average molecular weight is 657 g/mol. The SMILES string of the molecule is Cc1ccc(C(=O)C[C@H](c2ccccc2)[C@@H]2C(c3ccc(C)cc3)=Nc3c(C(=O)Nc4ccc(C)cc4C)cnn3[C@H]2c2ccccc2)cc1. The summed E-state index contributed by atoms with van der Waals surface area (Å²) in [7, 11) is 0. The highest BCUT2D eigenvalue weighted by atomic mass is 16.1. The van der Waals surface area contributed by atoms with Crippen LogP contribution in [0.5, 0.6) is 0 Å². The number of anilines is 1. The summed E-state index contributed by atoms with van der Waals surface area (Å²) in [6, 6.07) is 42.2. The Morgan fingerprint density at radius 2 is 1.36 bits per heavy atom. The van der Waals surface area contributed by atoms with Gasteiger partial charge in [0.25, 0.3) is 5.91 Å². The fourth-order valence-electron chi connectivity index (χ4n) is 7.06. The van der Waals surface area contributed by atoms with Crippen molar-refractivity contribution in [2.75, 3.05) is 5.32 Å². The van der Waals surface area contributed by atoms with Gasteiger partial charge in [0.2, 0.25) is 0 Å². The first-order chi connectivity index (χ1) is 24.3. The van der Waals surface area contributed by atoms with Crippen LogP contribution in [0.4, 0.5) is 11.5 Å². The van der Waals surface area contributed by atoms with Crippen molar-refractivity contribution < 1.29 is 9.59 Å². The average Bonchev–Trinajstić information content (AvgIpc) is 3.56. The van der Waals surface area contributed by atoms with Gasteiger partial charge in [0, 0.05) is 29.5 Å². The Hall–Kier alpha value is -5.88. The van der Waals surface area contributed by atoms with Crippen LogP contribution in [-0.4, -0.2) is 27.2 Å². The first kappa shape index (κ1) is 32.7. The third kappa shape index (κ3) is 6.57. The van der Waals surface area contributed by atoms with E-state index in [2.05, 4.69) is 60.8 Å². The van der Waals surface area contributed by atoms with Crippen LogP contribution in [0, 0.1) is 33.6 Å². The van der Waals surface area contributed by atoms with Crippen molar-refractivity contribution in [1.82, 2.24) is 9.78 Å². The molecule has 0 radical (unpaired) electrons. The van der Waals surface area contributed by atoms with Crippen molar-refractivity contribution in [3.05, 3.63) is 184 Å². The normalized spacial score (nSPS) is 15.9. The Morgan fingerprint density at radius 3 is 2.02 bits per heavy atom. The van der Waals surface area contributed by atoms with Crippen molar-refractivity contribution in [1.29, 1.82) is 0 Å². The number of hydrogen-bond acceptors (Lipinski definition) is 4. The Balaban J connectivity index is 1.42. The van der Waals surface area contributed by atoms with Gasteiger partial charge in [-0.15, -0.1) is 0 Å². The number of Topliss-reactive ketones (excluding diaryl/α,β-unsaturated/α-hetero) is 1. The highest BCUT2D eigenvalue weighted by Crippen LogP contribution is 2.47. The van der Waals surface area contributed by atoms with E-state index in [1.165, 1.54) is 0 Å². The summed E-state index contributed by atoms with van der Waals surface area (Å²) >= 11 is 0. The lowest BCUT2D eigenvalue weighted by Gasteiger charge is -2.38. The zero-order valence-electron chi connectivity index (χ0n) is 28.8. The first-order valence-electron chi connectivity index (χ1n) is 17.1. The monoisotopic (exact) mass is 656 g/mol. The molecule has 7 rings (SSSR count). The molecule has 2 heterocycles. The number of benzene rings is 5. The highest BCUT2D eigenvalue weighted by molar-refractivity contribution is 6.11. The van der Waals surface area contributed by atoms with E-state index < -0.39 is 0 Å². The Bertz CT molecular complexity index is 2180. The molecule has 3 atom stereocenters. The molecule has 6 nitrogen and oxygen atoms in total. The van der Waals surface area contributed by atoms with Crippen LogP contribution in [0.2, 0.25) is 0 Å². The number of nitrogens with one attached hydrogen (secondary N) is 1. The molecule has 6 aromatic rings. The Labute approximate surface area is 293 Å². The summed E-state index contributed by atoms with van der Waals surface area (Å²) in [6.07, 6.45) is 1.89. The molecule has 1 N–H and O–H groups in total. The van der Waals surface area contributed by atoms with E-state index in [1.807, 2.05) is 104 Å². The molecule has 1 aromatic heterocycles. The van der Waals surface area contributed by atoms with Crippen LogP contribution in [-0.2, 0) is 0 Å². The number of amides is 1. The number of nitrogens with zero attached hydrogens (tertiary/aromatic N) is 3. The van der Waals surface area contributed by atoms with Crippen molar-refractivity contribution in [3.8, 4) is 0 Å². The van der Waals surface area contributed by atoms with Gasteiger partial charge in [-0.1, -0.05) is 138 Å². The number of aliphatic imine (C=N–C) groups is 1. The van der Waals surface area contributed by atoms with E-state index in [0.717, 1.165) is 50.3 Å². The molecule has 0 bridgehead atoms. The van der Waals surface area contributed by atoms with Gasteiger partial charge in [-0.05, 0) is 56.0 Å². The predicted octanol–water partition coefficient (Wildman–Crippen LogP) is 9.77. The standard InChI is InChI=1S/C44H40N4O2/c1-28-15-20-33(21-16-28)39(49)26-36(32-11-7-5-8-12-32)40-41(34-22-17-29(2)18-23-34)47-43-37(44(50)46-38-24-19-30(3)25-31(38)4)27-45-48(43)42(40)35-13-9-6-10-14-35/h5-25,27,36,40,42H,26H2,1-4H3,(H,46,50)/t36-,40-,42+/m1/s1. The molecule has 0 aliphatic carbocycles. The molecule has 0 spiro atoms. The van der Waals surface area contributed by atoms with Gasteiger partial charge in [0.05, 0.1) is 18.0 Å². The zero-order valence-corrected chi connectivity index (χ0v) is 28.8. The highest BCUT2D eigenvalue weighted by Gasteiger charge is 2.43. The number of aryl methyl sites for hydroxylation is 4. The summed E-state index contributed by atoms with van der Waals surface area (Å²) in [5, 5.41) is 8.00. The van der Waals surface area contributed by atoms with Gasteiger partial charge < -0.3 is 5.32 Å². The number of fused-ring (bicyclic) bond motifs is 1. The molecule has 1 aliphatic rings. The van der Waals surface area contributed by atoms with Gasteiger partial charge in [-0.25, -0.2) is 9.67 Å². The first-order valence-corrected chi connectivity index (χ1v) is 17.1. The molecule has 1 amide bonds. The van der Waals surface area contributed by atoms with Gasteiger partial charge in [0.15, 0.2) is 11.6 Å². The predicted molar refractivity (Wildman–Crippen MR) is 201 cm³/mol. The quantitative estimate of drug-likeness (QED) is 0.157. The van der Waals surface area contributed by atoms with E-state index in [-0.39, 0.29) is 36.0 Å². The number of ketones is 1. The lowest BCUT2D eigenvalue weighted by Crippen LogP contribution is -2.37. The van der Waals surface area contributed by atoms with Gasteiger partial charge >= 0.3 is 0 Å². The van der Waals surface area contributed by atoms with Crippen LogP contribution in [0.25, 0.3) is 0 Å². The number of carbonyl (C=O) groups excluding carboxylic acids is 2. The van der Waals surface area contributed by atoms with Crippen molar-refractivity contribution in [2.24, 2.45) is 10.9 Å². The minimum absolute atomic E-state index is 0.0636. The van der Waals surface area contributed by atoms with Gasteiger partial charge in [-0.3, -0.25) is 9.59 Å². The second-order valence-electron chi connectivity index (χ2n) is 13.4. The zero-order chi connectivity index (χ0) is 34.8. The maximum atomic E-state index is 14.2. The van der Waals surface area contributed by atoms with E-state index in [0.29, 0.717) is 16.9 Å². The topological polar surface area (TPSA) is 76.3 Å². The number of carbonyl (C=O) groups is 2. The molecule has 1 aliphatic heterocycles. The molecule has 248 valence electrons. The van der Waals surface area contributed by atoms with Crippen molar-refractivity contribution in [3.63, 3.8) is 0 Å².